The molecule has 96 valence electrons. The Labute approximate surface area is 112 Å². The van der Waals surface area contributed by atoms with E-state index in [2.05, 4.69) is 16.4 Å². The fraction of sp³-hybridized carbons (Fsp3) is 0.357. The minimum atomic E-state index is 0.848. The van der Waals surface area contributed by atoms with E-state index in [9.17, 15) is 0 Å². The molecule has 3 nitrogen and oxygen atoms in total. The monoisotopic (exact) mass is 261 g/mol. The van der Waals surface area contributed by atoms with Gasteiger partial charge in [0.05, 0.1) is 5.01 Å². The summed E-state index contributed by atoms with van der Waals surface area (Å²) in [5, 5.41) is 4.57. The Kier molecular flexibility index (Phi) is 4.73. The van der Waals surface area contributed by atoms with E-state index in [1.54, 1.807) is 11.3 Å². The largest absolute Gasteiger partial charge is 0.399 e. The molecule has 2 aromatic rings. The van der Waals surface area contributed by atoms with Crippen LogP contribution in [-0.4, -0.2) is 11.5 Å². The highest BCUT2D eigenvalue weighted by Crippen LogP contribution is 2.11. The average Bonchev–Trinajstić information content (AvgIpc) is 2.75. The molecule has 0 saturated heterocycles. The van der Waals surface area contributed by atoms with Crippen molar-refractivity contribution in [3.05, 3.63) is 45.9 Å². The molecule has 2 rings (SSSR count). The summed E-state index contributed by atoms with van der Waals surface area (Å²) in [4.78, 5) is 5.54. The zero-order valence-corrected chi connectivity index (χ0v) is 11.5. The Morgan fingerprint density at radius 3 is 3.00 bits per heavy atom. The van der Waals surface area contributed by atoms with Gasteiger partial charge in [-0.15, -0.1) is 11.3 Å². The Bertz CT molecular complexity index is 493. The third-order valence-electron chi connectivity index (χ3n) is 2.74. The van der Waals surface area contributed by atoms with E-state index in [0.29, 0.717) is 0 Å². The third-order valence-corrected chi connectivity index (χ3v) is 3.65. The maximum atomic E-state index is 5.75. The Morgan fingerprint density at radius 2 is 2.28 bits per heavy atom. The van der Waals surface area contributed by atoms with Crippen LogP contribution in [0.3, 0.4) is 0 Å². The smallest absolute Gasteiger partial charge is 0.0897 e. The summed E-state index contributed by atoms with van der Waals surface area (Å²) in [6.07, 6.45) is 4.14. The molecule has 0 amide bonds. The second-order valence-corrected chi connectivity index (χ2v) is 5.69. The van der Waals surface area contributed by atoms with Crippen LogP contribution in [0.4, 0.5) is 5.69 Å². The summed E-state index contributed by atoms with van der Waals surface area (Å²) in [5.41, 5.74) is 7.90. The zero-order valence-electron chi connectivity index (χ0n) is 10.6. The van der Waals surface area contributed by atoms with Crippen molar-refractivity contribution in [2.45, 2.75) is 26.3 Å². The van der Waals surface area contributed by atoms with Crippen LogP contribution in [0.15, 0.2) is 30.5 Å². The molecule has 0 fully saturated rings. The minimum Gasteiger partial charge on any atom is -0.399 e. The first kappa shape index (κ1) is 13.1. The first-order valence-corrected chi connectivity index (χ1v) is 7.02. The molecule has 0 aliphatic heterocycles. The number of aromatic nitrogens is 1. The molecule has 3 N–H and O–H groups in total. The molecule has 0 radical (unpaired) electrons. The number of hydrogen-bond acceptors (Lipinski definition) is 4. The molecule has 0 unspecified atom stereocenters. The second-order valence-electron chi connectivity index (χ2n) is 4.37. The second kappa shape index (κ2) is 6.52. The lowest BCUT2D eigenvalue weighted by atomic mass is 10.1. The van der Waals surface area contributed by atoms with Crippen LogP contribution >= 0.6 is 11.3 Å². The van der Waals surface area contributed by atoms with Gasteiger partial charge in [-0.3, -0.25) is 0 Å². The first-order chi connectivity index (χ1) is 8.74. The van der Waals surface area contributed by atoms with E-state index >= 15 is 0 Å². The van der Waals surface area contributed by atoms with Gasteiger partial charge >= 0.3 is 0 Å². The normalized spacial score (nSPS) is 10.7. The van der Waals surface area contributed by atoms with Gasteiger partial charge in [-0.2, -0.15) is 0 Å². The zero-order chi connectivity index (χ0) is 12.8. The van der Waals surface area contributed by atoms with Gasteiger partial charge in [-0.25, -0.2) is 4.98 Å². The van der Waals surface area contributed by atoms with Crippen molar-refractivity contribution in [2.24, 2.45) is 0 Å². The van der Waals surface area contributed by atoms with Crippen molar-refractivity contribution in [3.63, 3.8) is 0 Å². The average molecular weight is 261 g/mol. The summed E-state index contributed by atoms with van der Waals surface area (Å²) in [5.74, 6) is 0. The fourth-order valence-corrected chi connectivity index (χ4v) is 2.63. The van der Waals surface area contributed by atoms with Gasteiger partial charge in [0, 0.05) is 23.3 Å². The number of anilines is 1. The molecule has 1 aromatic carbocycles. The number of nitrogens with one attached hydrogen (secondary N) is 1. The van der Waals surface area contributed by atoms with Crippen molar-refractivity contribution in [1.82, 2.24) is 10.3 Å². The molecule has 1 aromatic heterocycles. The van der Waals surface area contributed by atoms with Gasteiger partial charge in [0.15, 0.2) is 0 Å². The van der Waals surface area contributed by atoms with Crippen LogP contribution in [-0.2, 0) is 13.0 Å². The van der Waals surface area contributed by atoms with Crippen molar-refractivity contribution in [1.29, 1.82) is 0 Å². The quantitative estimate of drug-likeness (QED) is 0.621. The molecular formula is C14H19N3S. The summed E-state index contributed by atoms with van der Waals surface area (Å²) >= 11 is 1.75. The summed E-state index contributed by atoms with van der Waals surface area (Å²) < 4.78 is 0. The standard InChI is InChI=1S/C14H19N3S/c1-11-17-10-14(18-11)9-16-7-3-5-12-4-2-6-13(15)8-12/h2,4,6,8,10,16H,3,5,7,9,15H2,1H3. The molecule has 0 aliphatic carbocycles. The number of benzene rings is 1. The number of nitrogen functional groups attached to an aromatic ring is 1. The molecule has 0 atom stereocenters. The Hall–Kier alpha value is -1.39. The van der Waals surface area contributed by atoms with Gasteiger partial charge in [-0.05, 0) is 44.0 Å². The van der Waals surface area contributed by atoms with E-state index in [0.717, 1.165) is 36.6 Å². The number of aryl methyl sites for hydroxylation is 2. The van der Waals surface area contributed by atoms with Crippen molar-refractivity contribution in [2.75, 3.05) is 12.3 Å². The predicted octanol–water partition coefficient (Wildman–Crippen LogP) is 2.76. The number of hydrogen-bond donors (Lipinski definition) is 2. The van der Waals surface area contributed by atoms with E-state index < -0.39 is 0 Å². The van der Waals surface area contributed by atoms with Crippen LogP contribution in [0, 0.1) is 6.92 Å². The highest BCUT2D eigenvalue weighted by atomic mass is 32.1. The van der Waals surface area contributed by atoms with Crippen molar-refractivity contribution < 1.29 is 0 Å². The van der Waals surface area contributed by atoms with Gasteiger partial charge < -0.3 is 11.1 Å². The van der Waals surface area contributed by atoms with Crippen LogP contribution < -0.4 is 11.1 Å². The number of rotatable bonds is 6. The molecule has 18 heavy (non-hydrogen) atoms. The lowest BCUT2D eigenvalue weighted by molar-refractivity contribution is 0.654. The van der Waals surface area contributed by atoms with Gasteiger partial charge in [0.25, 0.3) is 0 Å². The van der Waals surface area contributed by atoms with Crippen molar-refractivity contribution >= 4 is 17.0 Å². The highest BCUT2D eigenvalue weighted by Gasteiger charge is 1.98. The molecule has 0 spiro atoms. The van der Waals surface area contributed by atoms with Crippen LogP contribution in [0.1, 0.15) is 21.9 Å². The topological polar surface area (TPSA) is 50.9 Å². The molecule has 0 bridgehead atoms. The number of thiazole rings is 1. The maximum absolute atomic E-state index is 5.75. The summed E-state index contributed by atoms with van der Waals surface area (Å²) in [6, 6.07) is 8.11. The third kappa shape index (κ3) is 4.13. The van der Waals surface area contributed by atoms with E-state index in [1.807, 2.05) is 31.3 Å². The van der Waals surface area contributed by atoms with Crippen LogP contribution in [0.2, 0.25) is 0 Å². The summed E-state index contributed by atoms with van der Waals surface area (Å²) in [7, 11) is 0. The fourth-order valence-electron chi connectivity index (χ4n) is 1.86. The molecule has 0 aliphatic rings. The molecule has 0 saturated carbocycles. The predicted molar refractivity (Wildman–Crippen MR) is 77.7 cm³/mol. The molecular weight excluding hydrogens is 242 g/mol. The molecule has 1 heterocycles. The Morgan fingerprint density at radius 1 is 1.39 bits per heavy atom. The minimum absolute atomic E-state index is 0.848. The Balaban J connectivity index is 1.64. The van der Waals surface area contributed by atoms with Gasteiger partial charge in [0.1, 0.15) is 0 Å². The molecule has 4 heteroatoms. The lowest BCUT2D eigenvalue weighted by Crippen LogP contribution is -2.14. The number of nitrogens with two attached hydrogens (primary N) is 1. The van der Waals surface area contributed by atoms with E-state index in [-0.39, 0.29) is 0 Å². The maximum Gasteiger partial charge on any atom is 0.0897 e. The highest BCUT2D eigenvalue weighted by molar-refractivity contribution is 7.11. The van der Waals surface area contributed by atoms with Crippen LogP contribution in [0.5, 0.6) is 0 Å². The van der Waals surface area contributed by atoms with Crippen LogP contribution in [0.25, 0.3) is 0 Å². The first-order valence-electron chi connectivity index (χ1n) is 6.20. The lowest BCUT2D eigenvalue weighted by Gasteiger charge is -2.04. The van der Waals surface area contributed by atoms with Crippen molar-refractivity contribution in [3.8, 4) is 0 Å². The van der Waals surface area contributed by atoms with Gasteiger partial charge in [-0.1, -0.05) is 12.1 Å². The summed E-state index contributed by atoms with van der Waals surface area (Å²) in [6.45, 7) is 3.97. The van der Waals surface area contributed by atoms with Gasteiger partial charge in [0.2, 0.25) is 0 Å². The van der Waals surface area contributed by atoms with E-state index in [4.69, 9.17) is 5.73 Å². The number of nitrogens with zero attached hydrogens (tertiary/aromatic N) is 1. The SMILES string of the molecule is Cc1ncc(CNCCCc2cccc(N)c2)s1. The van der Waals surface area contributed by atoms with E-state index in [1.165, 1.54) is 10.4 Å².